The highest BCUT2D eigenvalue weighted by Crippen LogP contribution is 2.34. The molecule has 3 heterocycles. The summed E-state index contributed by atoms with van der Waals surface area (Å²) in [4.78, 5) is 15.8. The molecule has 0 aliphatic carbocycles. The summed E-state index contributed by atoms with van der Waals surface area (Å²) in [6, 6.07) is 9.86. The van der Waals surface area contributed by atoms with Crippen LogP contribution in [-0.2, 0) is 17.5 Å². The number of hydrogen-bond acceptors (Lipinski definition) is 8. The molecule has 0 spiro atoms. The van der Waals surface area contributed by atoms with E-state index >= 15 is 0 Å². The summed E-state index contributed by atoms with van der Waals surface area (Å²) in [5.41, 5.74) is 5.63. The molecule has 4 aromatic rings. The summed E-state index contributed by atoms with van der Waals surface area (Å²) in [6.07, 6.45) is -3.20. The number of pyridine rings is 1. The molecule has 0 unspecified atom stereocenters. The summed E-state index contributed by atoms with van der Waals surface area (Å²) in [7, 11) is 1.41. The Morgan fingerprint density at radius 3 is 2.69 bits per heavy atom. The number of carbonyl (C=O) groups is 1. The molecule has 0 radical (unpaired) electrons. The minimum Gasteiger partial charge on any atom is -0.480 e. The van der Waals surface area contributed by atoms with Crippen LogP contribution in [0.15, 0.2) is 53.1 Å². The van der Waals surface area contributed by atoms with Crippen LogP contribution in [0.5, 0.6) is 5.88 Å². The lowest BCUT2D eigenvalue weighted by atomic mass is 10.2. The maximum Gasteiger partial charge on any atom is 0.435 e. The first-order valence-electron chi connectivity index (χ1n) is 10.3. The monoisotopic (exact) mass is 487 g/mol. The zero-order valence-electron chi connectivity index (χ0n) is 18.6. The number of carbonyl (C=O) groups excluding carboxylic acids is 1. The standard InChI is InChI=1S/C22H20F3N7O3/c1-12(26)18(33)28-11-13-5-3-6-14(9-13)32-16(10-17(31-32)22(23,24)25)21-30-29-20(35-21)15-7-4-8-27-19(15)34-2/h3-10,12H,11,26H2,1-2H3,(H,28,33)/t12-/m0/s1. The first-order chi connectivity index (χ1) is 16.7. The van der Waals surface area contributed by atoms with E-state index in [-0.39, 0.29) is 35.8 Å². The summed E-state index contributed by atoms with van der Waals surface area (Å²) >= 11 is 0. The lowest BCUT2D eigenvalue weighted by molar-refractivity contribution is -0.141. The number of rotatable bonds is 7. The molecule has 0 aliphatic heterocycles. The molecule has 13 heteroatoms. The molecule has 1 aromatic carbocycles. The summed E-state index contributed by atoms with van der Waals surface area (Å²) in [6.45, 7) is 1.67. The van der Waals surface area contributed by atoms with Gasteiger partial charge < -0.3 is 20.2 Å². The topological polar surface area (TPSA) is 134 Å². The van der Waals surface area contributed by atoms with Crippen LogP contribution in [0.1, 0.15) is 18.2 Å². The Bertz CT molecular complexity index is 1350. The number of alkyl halides is 3. The lowest BCUT2D eigenvalue weighted by Crippen LogP contribution is -2.37. The van der Waals surface area contributed by atoms with Gasteiger partial charge in [-0.25, -0.2) is 9.67 Å². The number of nitrogens with zero attached hydrogens (tertiary/aromatic N) is 5. The Morgan fingerprint density at radius 1 is 1.20 bits per heavy atom. The van der Waals surface area contributed by atoms with Crippen LogP contribution < -0.4 is 15.8 Å². The van der Waals surface area contributed by atoms with Crippen molar-refractivity contribution in [3.05, 3.63) is 59.9 Å². The number of methoxy groups -OCH3 is 1. The number of amides is 1. The number of aromatic nitrogens is 5. The van der Waals surface area contributed by atoms with Crippen LogP contribution in [0, 0.1) is 0 Å². The van der Waals surface area contributed by atoms with E-state index in [1.54, 1.807) is 43.3 Å². The average molecular weight is 487 g/mol. The maximum absolute atomic E-state index is 13.5. The molecular weight excluding hydrogens is 467 g/mol. The molecule has 35 heavy (non-hydrogen) atoms. The van der Waals surface area contributed by atoms with E-state index in [9.17, 15) is 18.0 Å². The molecule has 10 nitrogen and oxygen atoms in total. The minimum atomic E-state index is -4.71. The molecule has 1 atom stereocenters. The quantitative estimate of drug-likeness (QED) is 0.406. The predicted octanol–water partition coefficient (Wildman–Crippen LogP) is 2.98. The Labute approximate surface area is 196 Å². The van der Waals surface area contributed by atoms with Crippen molar-refractivity contribution >= 4 is 5.91 Å². The number of benzene rings is 1. The highest BCUT2D eigenvalue weighted by atomic mass is 19.4. The molecule has 3 N–H and O–H groups in total. The van der Waals surface area contributed by atoms with Crippen molar-refractivity contribution in [1.82, 2.24) is 30.3 Å². The van der Waals surface area contributed by atoms with Gasteiger partial charge in [-0.3, -0.25) is 4.79 Å². The van der Waals surface area contributed by atoms with Crippen molar-refractivity contribution in [2.45, 2.75) is 25.7 Å². The van der Waals surface area contributed by atoms with Crippen molar-refractivity contribution in [2.75, 3.05) is 7.11 Å². The molecule has 182 valence electrons. The van der Waals surface area contributed by atoms with Gasteiger partial charge >= 0.3 is 6.18 Å². The van der Waals surface area contributed by atoms with Crippen molar-refractivity contribution in [3.63, 3.8) is 0 Å². The number of nitrogens with one attached hydrogen (secondary N) is 1. The zero-order chi connectivity index (χ0) is 25.2. The highest BCUT2D eigenvalue weighted by molar-refractivity contribution is 5.80. The highest BCUT2D eigenvalue weighted by Gasteiger charge is 2.36. The fourth-order valence-corrected chi connectivity index (χ4v) is 3.17. The second-order valence-corrected chi connectivity index (χ2v) is 7.47. The average Bonchev–Trinajstić information content (AvgIpc) is 3.50. The van der Waals surface area contributed by atoms with Gasteiger partial charge in [0, 0.05) is 18.8 Å². The molecule has 0 aliphatic rings. The van der Waals surface area contributed by atoms with Crippen LogP contribution in [0.25, 0.3) is 28.7 Å². The van der Waals surface area contributed by atoms with E-state index < -0.39 is 17.9 Å². The minimum absolute atomic E-state index is 0.0126. The van der Waals surface area contributed by atoms with Gasteiger partial charge in [0.2, 0.25) is 11.8 Å². The number of hydrogen-bond donors (Lipinski definition) is 2. The smallest absolute Gasteiger partial charge is 0.435 e. The summed E-state index contributed by atoms with van der Waals surface area (Å²) < 4.78 is 52.5. The van der Waals surface area contributed by atoms with Crippen LogP contribution >= 0.6 is 0 Å². The molecule has 0 fully saturated rings. The third kappa shape index (κ3) is 5.14. The van der Waals surface area contributed by atoms with Crippen LogP contribution in [0.3, 0.4) is 0 Å². The lowest BCUT2D eigenvalue weighted by Gasteiger charge is -2.10. The Hall–Kier alpha value is -4.26. The van der Waals surface area contributed by atoms with Gasteiger partial charge in [0.15, 0.2) is 5.69 Å². The van der Waals surface area contributed by atoms with Crippen LogP contribution in [0.4, 0.5) is 13.2 Å². The molecule has 0 saturated heterocycles. The van der Waals surface area contributed by atoms with E-state index in [1.165, 1.54) is 13.3 Å². The largest absolute Gasteiger partial charge is 0.480 e. The number of ether oxygens (including phenoxy) is 1. The number of halogens is 3. The molecule has 1 amide bonds. The van der Waals surface area contributed by atoms with Crippen LogP contribution in [0.2, 0.25) is 0 Å². The third-order valence-corrected chi connectivity index (χ3v) is 4.87. The molecule has 4 rings (SSSR count). The van der Waals surface area contributed by atoms with Crippen molar-refractivity contribution in [2.24, 2.45) is 5.73 Å². The van der Waals surface area contributed by atoms with Gasteiger partial charge in [0.1, 0.15) is 11.3 Å². The normalized spacial score (nSPS) is 12.4. The van der Waals surface area contributed by atoms with Gasteiger partial charge in [-0.2, -0.15) is 18.3 Å². The predicted molar refractivity (Wildman–Crippen MR) is 117 cm³/mol. The maximum atomic E-state index is 13.5. The van der Waals surface area contributed by atoms with Crippen molar-refractivity contribution in [1.29, 1.82) is 0 Å². The van der Waals surface area contributed by atoms with E-state index in [0.29, 0.717) is 16.8 Å². The molecular formula is C22H20F3N7O3. The molecule has 0 saturated carbocycles. The molecule has 0 bridgehead atoms. The summed E-state index contributed by atoms with van der Waals surface area (Å²) in [5.74, 6) is -0.323. The van der Waals surface area contributed by atoms with E-state index in [4.69, 9.17) is 14.9 Å². The van der Waals surface area contributed by atoms with Crippen LogP contribution in [-0.4, -0.2) is 44.0 Å². The number of nitrogens with two attached hydrogens (primary N) is 1. The SMILES string of the molecule is COc1ncccc1-c1nnc(-c2cc(C(F)(F)F)nn2-c2cccc(CNC(=O)[C@H](C)N)c2)o1. The van der Waals surface area contributed by atoms with E-state index in [1.807, 2.05) is 0 Å². The van der Waals surface area contributed by atoms with Crippen molar-refractivity contribution in [3.8, 4) is 34.6 Å². The van der Waals surface area contributed by atoms with E-state index in [0.717, 1.165) is 10.7 Å². The van der Waals surface area contributed by atoms with Gasteiger partial charge in [0.25, 0.3) is 11.8 Å². The Kier molecular flexibility index (Phi) is 6.51. The van der Waals surface area contributed by atoms with Gasteiger partial charge in [-0.1, -0.05) is 12.1 Å². The fraction of sp³-hybridized carbons (Fsp3) is 0.227. The van der Waals surface area contributed by atoms with E-state index in [2.05, 4.69) is 25.6 Å². The third-order valence-electron chi connectivity index (χ3n) is 4.87. The van der Waals surface area contributed by atoms with Crippen molar-refractivity contribution < 1.29 is 27.1 Å². The first-order valence-corrected chi connectivity index (χ1v) is 10.3. The Balaban J connectivity index is 1.74. The zero-order valence-corrected chi connectivity index (χ0v) is 18.6. The second kappa shape index (κ2) is 9.54. The van der Waals surface area contributed by atoms with Gasteiger partial charge in [0.05, 0.1) is 18.8 Å². The fourth-order valence-electron chi connectivity index (χ4n) is 3.17. The second-order valence-electron chi connectivity index (χ2n) is 7.47. The summed E-state index contributed by atoms with van der Waals surface area (Å²) in [5, 5.41) is 14.2. The Morgan fingerprint density at radius 2 is 1.97 bits per heavy atom. The van der Waals surface area contributed by atoms with Gasteiger partial charge in [-0.05, 0) is 36.8 Å². The molecule has 3 aromatic heterocycles. The van der Waals surface area contributed by atoms with Gasteiger partial charge in [-0.15, -0.1) is 10.2 Å². The first kappa shape index (κ1) is 23.9.